The molecule has 8 atom stereocenters. The van der Waals surface area contributed by atoms with Gasteiger partial charge in [-0.05, 0) is 60.2 Å². The van der Waals surface area contributed by atoms with Crippen LogP contribution < -0.4 is 0 Å². The second-order valence-corrected chi connectivity index (χ2v) is 7.82. The van der Waals surface area contributed by atoms with E-state index < -0.39 is 0 Å². The van der Waals surface area contributed by atoms with Gasteiger partial charge in [0.25, 0.3) is 0 Å². The van der Waals surface area contributed by atoms with Crippen LogP contribution in [0.5, 0.6) is 0 Å². The van der Waals surface area contributed by atoms with Crippen LogP contribution in [0.25, 0.3) is 0 Å². The normalized spacial score (nSPS) is 44.6. The zero-order chi connectivity index (χ0) is 14.0. The summed E-state index contributed by atoms with van der Waals surface area (Å²) in [5, 5.41) is 0. The molecule has 0 nitrogen and oxygen atoms in total. The maximum atomic E-state index is 2.39. The first kappa shape index (κ1) is 26.4. The average molecular weight is 341 g/mol. The van der Waals surface area contributed by atoms with E-state index in [1.54, 1.807) is 0 Å². The second-order valence-electron chi connectivity index (χ2n) is 7.82. The van der Waals surface area contributed by atoms with E-state index in [4.69, 9.17) is 0 Å². The smallest absolute Gasteiger partial charge is 0.358 e. The van der Waals surface area contributed by atoms with Crippen molar-refractivity contribution in [3.05, 3.63) is 14.9 Å². The predicted molar refractivity (Wildman–Crippen MR) is 95.4 cm³/mol. The van der Waals surface area contributed by atoms with Crippen LogP contribution in [-0.4, -0.2) is 0 Å². The molecular formula is C20H42Ni. The molecule has 8 unspecified atom stereocenters. The summed E-state index contributed by atoms with van der Waals surface area (Å²) in [5.74, 6) is 7.70. The molecular weight excluding hydrogens is 299 g/mol. The van der Waals surface area contributed by atoms with E-state index in [1.165, 1.54) is 12.8 Å². The van der Waals surface area contributed by atoms with Crippen molar-refractivity contribution in [2.75, 3.05) is 0 Å². The Morgan fingerprint density at radius 3 is 0.619 bits per heavy atom. The molecule has 2 aliphatic rings. The summed E-state index contributed by atoms with van der Waals surface area (Å²) in [6, 6.07) is 0. The SMILES string of the molecule is CC1CC(C)C(C)C1C.CC1CC(C)C(C)C1C.[CH3-].[CH3-].[Ni+2]. The van der Waals surface area contributed by atoms with Gasteiger partial charge in [-0.2, -0.15) is 0 Å². The van der Waals surface area contributed by atoms with E-state index in [2.05, 4.69) is 55.4 Å². The standard InChI is InChI=1S/2C9H18.2CH3.Ni/c2*1-6-5-7(2)9(4)8(6)3;;;/h2*6-9H,5H2,1-4H3;2*1H3;/q;;2*-1;+2. The van der Waals surface area contributed by atoms with Crippen molar-refractivity contribution in [3.63, 3.8) is 0 Å². The molecule has 0 radical (unpaired) electrons. The Labute approximate surface area is 147 Å². The van der Waals surface area contributed by atoms with Crippen LogP contribution in [0.4, 0.5) is 0 Å². The molecule has 2 rings (SSSR count). The van der Waals surface area contributed by atoms with Crippen LogP contribution in [0.1, 0.15) is 68.2 Å². The van der Waals surface area contributed by atoms with Crippen molar-refractivity contribution >= 4 is 0 Å². The van der Waals surface area contributed by atoms with E-state index in [0.29, 0.717) is 0 Å². The molecule has 0 amide bonds. The maximum Gasteiger partial charge on any atom is 2.00 e. The molecule has 0 aliphatic heterocycles. The van der Waals surface area contributed by atoms with Gasteiger partial charge in [0.2, 0.25) is 0 Å². The van der Waals surface area contributed by atoms with Gasteiger partial charge in [-0.3, -0.25) is 0 Å². The molecule has 0 bridgehead atoms. The third-order valence-electron chi connectivity index (χ3n) is 6.74. The van der Waals surface area contributed by atoms with E-state index in [1.807, 2.05) is 0 Å². The Morgan fingerprint density at radius 2 is 0.571 bits per heavy atom. The van der Waals surface area contributed by atoms with Gasteiger partial charge in [0.05, 0.1) is 0 Å². The molecule has 0 spiro atoms. The number of rotatable bonds is 0. The van der Waals surface area contributed by atoms with Gasteiger partial charge < -0.3 is 14.9 Å². The van der Waals surface area contributed by atoms with E-state index in [-0.39, 0.29) is 31.3 Å². The molecule has 0 aromatic rings. The van der Waals surface area contributed by atoms with Crippen LogP contribution in [0.3, 0.4) is 0 Å². The quantitative estimate of drug-likeness (QED) is 0.337. The Balaban J connectivity index is -0.000000270. The summed E-state index contributed by atoms with van der Waals surface area (Å²) in [5.41, 5.74) is 0. The summed E-state index contributed by atoms with van der Waals surface area (Å²) in [6.45, 7) is 19.1. The van der Waals surface area contributed by atoms with Gasteiger partial charge in [-0.1, -0.05) is 55.4 Å². The van der Waals surface area contributed by atoms with Crippen molar-refractivity contribution in [3.8, 4) is 0 Å². The Bertz CT molecular complexity index is 200. The summed E-state index contributed by atoms with van der Waals surface area (Å²) in [7, 11) is 0. The summed E-state index contributed by atoms with van der Waals surface area (Å²) < 4.78 is 0. The first-order valence-electron chi connectivity index (χ1n) is 8.25. The molecule has 2 saturated carbocycles. The molecule has 21 heavy (non-hydrogen) atoms. The maximum absolute atomic E-state index is 2.39. The zero-order valence-electron chi connectivity index (χ0n) is 16.3. The van der Waals surface area contributed by atoms with Crippen LogP contribution >= 0.6 is 0 Å². The number of hydrogen-bond donors (Lipinski definition) is 0. The van der Waals surface area contributed by atoms with Gasteiger partial charge in [-0.25, -0.2) is 0 Å². The van der Waals surface area contributed by atoms with Crippen molar-refractivity contribution in [1.82, 2.24) is 0 Å². The third-order valence-corrected chi connectivity index (χ3v) is 6.74. The van der Waals surface area contributed by atoms with Crippen LogP contribution in [0.2, 0.25) is 0 Å². The predicted octanol–water partition coefficient (Wildman–Crippen LogP) is 6.77. The molecule has 0 aromatic carbocycles. The average Bonchev–Trinajstić information content (AvgIpc) is 2.66. The van der Waals surface area contributed by atoms with Gasteiger partial charge in [0.1, 0.15) is 0 Å². The summed E-state index contributed by atoms with van der Waals surface area (Å²) in [6.07, 6.45) is 2.89. The van der Waals surface area contributed by atoms with E-state index in [9.17, 15) is 0 Å². The van der Waals surface area contributed by atoms with Crippen LogP contribution in [-0.2, 0) is 16.5 Å². The Hall–Kier alpha value is 0.494. The van der Waals surface area contributed by atoms with Gasteiger partial charge in [0, 0.05) is 0 Å². The minimum Gasteiger partial charge on any atom is -0.358 e. The van der Waals surface area contributed by atoms with E-state index in [0.717, 1.165) is 47.3 Å². The van der Waals surface area contributed by atoms with Crippen molar-refractivity contribution in [2.24, 2.45) is 47.3 Å². The van der Waals surface area contributed by atoms with E-state index >= 15 is 0 Å². The number of hydrogen-bond acceptors (Lipinski definition) is 0. The summed E-state index contributed by atoms with van der Waals surface area (Å²) >= 11 is 0. The minimum atomic E-state index is 0. The fraction of sp³-hybridized carbons (Fsp3) is 0.900. The molecule has 2 aliphatic carbocycles. The monoisotopic (exact) mass is 340 g/mol. The van der Waals surface area contributed by atoms with Crippen molar-refractivity contribution < 1.29 is 16.5 Å². The molecule has 132 valence electrons. The first-order valence-corrected chi connectivity index (χ1v) is 8.25. The zero-order valence-corrected chi connectivity index (χ0v) is 17.3. The second kappa shape index (κ2) is 11.1. The van der Waals surface area contributed by atoms with Crippen LogP contribution in [0.15, 0.2) is 0 Å². The molecule has 2 fully saturated rings. The van der Waals surface area contributed by atoms with Gasteiger partial charge in [-0.15, -0.1) is 0 Å². The van der Waals surface area contributed by atoms with Crippen LogP contribution in [0, 0.1) is 62.2 Å². The molecule has 0 saturated heterocycles. The molecule has 0 N–H and O–H groups in total. The van der Waals surface area contributed by atoms with Crippen molar-refractivity contribution in [1.29, 1.82) is 0 Å². The van der Waals surface area contributed by atoms with Gasteiger partial charge >= 0.3 is 16.5 Å². The third kappa shape index (κ3) is 6.64. The largest absolute Gasteiger partial charge is 2.00 e. The van der Waals surface area contributed by atoms with Crippen molar-refractivity contribution in [2.45, 2.75) is 68.2 Å². The van der Waals surface area contributed by atoms with Gasteiger partial charge in [0.15, 0.2) is 0 Å². The fourth-order valence-electron chi connectivity index (χ4n) is 4.10. The first-order chi connectivity index (χ1) is 8.25. The fourth-order valence-corrected chi connectivity index (χ4v) is 4.10. The topological polar surface area (TPSA) is 0 Å². The summed E-state index contributed by atoms with van der Waals surface area (Å²) in [4.78, 5) is 0. The molecule has 0 heterocycles. The molecule has 1 heteroatoms. The molecule has 0 aromatic heterocycles. The minimum absolute atomic E-state index is 0. The Morgan fingerprint density at radius 1 is 0.429 bits per heavy atom. The Kier molecular flexibility index (Phi) is 13.9.